The van der Waals surface area contributed by atoms with Gasteiger partial charge in [0, 0.05) is 25.4 Å². The van der Waals surface area contributed by atoms with E-state index >= 15 is 0 Å². The van der Waals surface area contributed by atoms with Crippen LogP contribution < -0.4 is 0 Å². The van der Waals surface area contributed by atoms with Gasteiger partial charge in [-0.05, 0) is 68.2 Å². The number of hydrogen-bond donors (Lipinski definition) is 0. The fourth-order valence-corrected chi connectivity index (χ4v) is 4.72. The van der Waals surface area contributed by atoms with Gasteiger partial charge in [0.15, 0.2) is 5.82 Å². The summed E-state index contributed by atoms with van der Waals surface area (Å²) in [6, 6.07) is 0.914. The first-order chi connectivity index (χ1) is 12.7. The van der Waals surface area contributed by atoms with Crippen molar-refractivity contribution in [2.45, 2.75) is 103 Å². The van der Waals surface area contributed by atoms with Crippen molar-refractivity contribution < 1.29 is 4.79 Å². The summed E-state index contributed by atoms with van der Waals surface area (Å²) in [6.45, 7) is 5.27. The molecule has 0 spiro atoms. The lowest BCUT2D eigenvalue weighted by Crippen LogP contribution is -2.42. The van der Waals surface area contributed by atoms with Gasteiger partial charge in [-0.15, -0.1) is 5.10 Å². The van der Waals surface area contributed by atoms with Crippen LogP contribution in [0.3, 0.4) is 0 Å². The molecule has 1 amide bonds. The van der Waals surface area contributed by atoms with Gasteiger partial charge >= 0.3 is 0 Å². The van der Waals surface area contributed by atoms with Gasteiger partial charge in [-0.2, -0.15) is 0 Å². The second kappa shape index (κ2) is 9.47. The molecule has 6 heteroatoms. The van der Waals surface area contributed by atoms with Crippen molar-refractivity contribution in [2.75, 3.05) is 6.54 Å². The molecule has 146 valence electrons. The van der Waals surface area contributed by atoms with Crippen LogP contribution >= 0.6 is 0 Å². The highest BCUT2D eigenvalue weighted by Crippen LogP contribution is 2.29. The van der Waals surface area contributed by atoms with E-state index in [1.807, 2.05) is 4.68 Å². The van der Waals surface area contributed by atoms with Gasteiger partial charge in [0.05, 0.1) is 6.04 Å². The molecule has 1 heterocycles. The van der Waals surface area contributed by atoms with E-state index in [1.165, 1.54) is 57.8 Å². The number of aryl methyl sites for hydroxylation is 1. The highest BCUT2D eigenvalue weighted by molar-refractivity contribution is 5.76. The lowest BCUT2D eigenvalue weighted by atomic mass is 9.86. The molecule has 26 heavy (non-hydrogen) atoms. The summed E-state index contributed by atoms with van der Waals surface area (Å²) in [5, 5.41) is 12.4. The van der Waals surface area contributed by atoms with E-state index in [1.54, 1.807) is 0 Å². The first kappa shape index (κ1) is 19.3. The van der Waals surface area contributed by atoms with Crippen LogP contribution in [0.4, 0.5) is 0 Å². The molecule has 2 fully saturated rings. The zero-order valence-electron chi connectivity index (χ0n) is 16.6. The van der Waals surface area contributed by atoms with Crippen LogP contribution in [0.25, 0.3) is 0 Å². The van der Waals surface area contributed by atoms with Gasteiger partial charge in [0.2, 0.25) is 5.91 Å². The molecule has 0 N–H and O–H groups in total. The Labute approximate surface area is 157 Å². The molecule has 0 unspecified atom stereocenters. The van der Waals surface area contributed by atoms with Crippen LogP contribution in [-0.4, -0.2) is 43.6 Å². The Kier molecular flexibility index (Phi) is 7.03. The van der Waals surface area contributed by atoms with Crippen molar-refractivity contribution in [3.63, 3.8) is 0 Å². The minimum Gasteiger partial charge on any atom is -0.340 e. The standard InChI is InChI=1S/C20H35N5O/c1-3-24(17-14-12-16(2)13-15-17)20(26)11-7-10-19-21-22-23-25(19)18-8-5-4-6-9-18/h16-18H,3-15H2,1-2H3. The number of nitrogens with zero attached hydrogens (tertiary/aromatic N) is 5. The van der Waals surface area contributed by atoms with Gasteiger partial charge in [-0.3, -0.25) is 4.79 Å². The van der Waals surface area contributed by atoms with Crippen LogP contribution in [0.5, 0.6) is 0 Å². The molecular formula is C20H35N5O. The lowest BCUT2D eigenvalue weighted by Gasteiger charge is -2.35. The third kappa shape index (κ3) is 4.83. The van der Waals surface area contributed by atoms with Crippen molar-refractivity contribution >= 4 is 5.91 Å². The minimum atomic E-state index is 0.309. The van der Waals surface area contributed by atoms with Gasteiger partial charge in [0.25, 0.3) is 0 Å². The van der Waals surface area contributed by atoms with E-state index in [9.17, 15) is 4.79 Å². The summed E-state index contributed by atoms with van der Waals surface area (Å²) in [5.74, 6) is 2.08. The Morgan fingerprint density at radius 1 is 1.12 bits per heavy atom. The van der Waals surface area contributed by atoms with E-state index < -0.39 is 0 Å². The maximum absolute atomic E-state index is 12.7. The quantitative estimate of drug-likeness (QED) is 0.738. The lowest BCUT2D eigenvalue weighted by molar-refractivity contribution is -0.134. The number of carbonyl (C=O) groups excluding carboxylic acids is 1. The number of amides is 1. The predicted molar refractivity (Wildman–Crippen MR) is 102 cm³/mol. The third-order valence-corrected chi connectivity index (χ3v) is 6.36. The number of hydrogen-bond acceptors (Lipinski definition) is 4. The van der Waals surface area contributed by atoms with Crippen LogP contribution in [0.1, 0.15) is 96.3 Å². The maximum Gasteiger partial charge on any atom is 0.222 e. The molecule has 3 rings (SSSR count). The van der Waals surface area contributed by atoms with Crippen molar-refractivity contribution in [2.24, 2.45) is 5.92 Å². The summed E-state index contributed by atoms with van der Waals surface area (Å²) in [6.07, 6.45) is 13.3. The van der Waals surface area contributed by atoms with Gasteiger partial charge < -0.3 is 4.90 Å². The van der Waals surface area contributed by atoms with Gasteiger partial charge in [-0.25, -0.2) is 4.68 Å². The van der Waals surface area contributed by atoms with E-state index in [0.29, 0.717) is 24.4 Å². The Hall–Kier alpha value is -1.46. The van der Waals surface area contributed by atoms with E-state index in [4.69, 9.17) is 0 Å². The molecule has 0 radical (unpaired) electrons. The maximum atomic E-state index is 12.7. The first-order valence-corrected chi connectivity index (χ1v) is 10.7. The summed E-state index contributed by atoms with van der Waals surface area (Å²) >= 11 is 0. The van der Waals surface area contributed by atoms with Crippen molar-refractivity contribution in [1.82, 2.24) is 25.1 Å². The Morgan fingerprint density at radius 2 is 1.85 bits per heavy atom. The van der Waals surface area contributed by atoms with Crippen molar-refractivity contribution in [3.8, 4) is 0 Å². The zero-order valence-corrected chi connectivity index (χ0v) is 16.6. The number of carbonyl (C=O) groups is 1. The summed E-state index contributed by atoms with van der Waals surface area (Å²) in [5.41, 5.74) is 0. The minimum absolute atomic E-state index is 0.309. The number of rotatable bonds is 7. The predicted octanol–water partition coefficient (Wildman–Crippen LogP) is 3.93. The molecule has 0 aromatic carbocycles. The number of tetrazole rings is 1. The van der Waals surface area contributed by atoms with E-state index in [0.717, 1.165) is 31.1 Å². The highest BCUT2D eigenvalue weighted by atomic mass is 16.2. The second-order valence-electron chi connectivity index (χ2n) is 8.28. The molecule has 0 saturated heterocycles. The topological polar surface area (TPSA) is 63.9 Å². The molecular weight excluding hydrogens is 326 g/mol. The molecule has 0 bridgehead atoms. The second-order valence-corrected chi connectivity index (χ2v) is 8.28. The molecule has 1 aromatic rings. The normalized spacial score (nSPS) is 24.5. The van der Waals surface area contributed by atoms with Crippen LogP contribution in [0.2, 0.25) is 0 Å². The van der Waals surface area contributed by atoms with Crippen molar-refractivity contribution in [1.29, 1.82) is 0 Å². The zero-order chi connectivity index (χ0) is 18.4. The van der Waals surface area contributed by atoms with E-state index in [-0.39, 0.29) is 0 Å². The Balaban J connectivity index is 1.48. The fraction of sp³-hybridized carbons (Fsp3) is 0.900. The highest BCUT2D eigenvalue weighted by Gasteiger charge is 2.26. The Bertz CT molecular complexity index is 558. The SMILES string of the molecule is CCN(C(=O)CCCc1nnnn1C1CCCCC1)C1CCC(C)CC1. The molecule has 2 aliphatic carbocycles. The largest absolute Gasteiger partial charge is 0.340 e. The summed E-state index contributed by atoms with van der Waals surface area (Å²) in [7, 11) is 0. The monoisotopic (exact) mass is 361 g/mol. The van der Waals surface area contributed by atoms with Crippen LogP contribution in [-0.2, 0) is 11.2 Å². The molecule has 1 aromatic heterocycles. The molecule has 2 saturated carbocycles. The van der Waals surface area contributed by atoms with E-state index in [2.05, 4.69) is 34.3 Å². The van der Waals surface area contributed by atoms with Gasteiger partial charge in [0.1, 0.15) is 0 Å². The average molecular weight is 362 g/mol. The fourth-order valence-electron chi connectivity index (χ4n) is 4.72. The first-order valence-electron chi connectivity index (χ1n) is 10.7. The molecule has 0 aliphatic heterocycles. The van der Waals surface area contributed by atoms with Crippen molar-refractivity contribution in [3.05, 3.63) is 5.82 Å². The average Bonchev–Trinajstić information content (AvgIpc) is 3.13. The summed E-state index contributed by atoms with van der Waals surface area (Å²) in [4.78, 5) is 14.9. The molecule has 6 nitrogen and oxygen atoms in total. The van der Waals surface area contributed by atoms with Crippen LogP contribution in [0.15, 0.2) is 0 Å². The number of aromatic nitrogens is 4. The van der Waals surface area contributed by atoms with Crippen LogP contribution in [0, 0.1) is 5.92 Å². The third-order valence-electron chi connectivity index (χ3n) is 6.36. The smallest absolute Gasteiger partial charge is 0.222 e. The Morgan fingerprint density at radius 3 is 2.54 bits per heavy atom. The summed E-state index contributed by atoms with van der Waals surface area (Å²) < 4.78 is 2.03. The molecule has 2 aliphatic rings. The van der Waals surface area contributed by atoms with Gasteiger partial charge in [-0.1, -0.05) is 26.2 Å². The molecule has 0 atom stereocenters.